The average Bonchev–Trinajstić information content (AvgIpc) is 3.50. The van der Waals surface area contributed by atoms with Crippen molar-refractivity contribution in [3.63, 3.8) is 0 Å². The average molecular weight is 455 g/mol. The number of nitrogens with zero attached hydrogens (tertiary/aromatic N) is 5. The summed E-state index contributed by atoms with van der Waals surface area (Å²) >= 11 is 0. The summed E-state index contributed by atoms with van der Waals surface area (Å²) in [5.41, 5.74) is 6.31. The number of aromatic nitrogens is 5. The zero-order valence-electron chi connectivity index (χ0n) is 19.8. The molecule has 0 amide bonds. The summed E-state index contributed by atoms with van der Waals surface area (Å²) in [6, 6.07) is 14.7. The molecule has 2 aromatic heterocycles. The second-order valence-corrected chi connectivity index (χ2v) is 9.83. The lowest BCUT2D eigenvalue weighted by Crippen LogP contribution is -2.35. The molecule has 1 atom stereocenters. The molecule has 7 nitrogen and oxygen atoms in total. The SMILES string of the molecule is Cc1cc2cc([C@@H](c3nnnn3C3CCCCC3)N3CCc4ccccc43)c(=O)[nH]c2cc1C. The van der Waals surface area contributed by atoms with Gasteiger partial charge in [0.05, 0.1) is 6.04 Å². The highest BCUT2D eigenvalue weighted by Gasteiger charge is 2.35. The van der Waals surface area contributed by atoms with Gasteiger partial charge < -0.3 is 9.88 Å². The number of nitrogens with one attached hydrogen (secondary N) is 1. The van der Waals surface area contributed by atoms with Gasteiger partial charge in [-0.3, -0.25) is 4.79 Å². The van der Waals surface area contributed by atoms with E-state index < -0.39 is 0 Å². The molecule has 1 fully saturated rings. The Morgan fingerprint density at radius 2 is 1.82 bits per heavy atom. The molecule has 1 aliphatic heterocycles. The number of fused-ring (bicyclic) bond motifs is 2. The standard InChI is InChI=1S/C27H30N6O/c1-17-14-20-16-22(27(34)28-23(20)15-18(17)2)25(32-13-12-19-8-6-7-11-24(19)32)26-29-30-31-33(26)21-9-4-3-5-10-21/h6-8,11,14-16,21,25H,3-5,9-10,12-13H2,1-2H3,(H,28,34)/t25-/m0/s1. The van der Waals surface area contributed by atoms with E-state index in [1.54, 1.807) is 0 Å². The van der Waals surface area contributed by atoms with E-state index in [-0.39, 0.29) is 17.6 Å². The predicted molar refractivity (Wildman–Crippen MR) is 133 cm³/mol. The van der Waals surface area contributed by atoms with E-state index in [9.17, 15) is 4.79 Å². The first kappa shape index (κ1) is 21.1. The molecular weight excluding hydrogens is 424 g/mol. The van der Waals surface area contributed by atoms with Gasteiger partial charge >= 0.3 is 0 Å². The first-order valence-corrected chi connectivity index (χ1v) is 12.4. The van der Waals surface area contributed by atoms with Crippen LogP contribution in [0.1, 0.15) is 72.3 Å². The molecule has 1 saturated carbocycles. The minimum atomic E-state index is -0.352. The van der Waals surface area contributed by atoms with E-state index in [0.717, 1.165) is 48.2 Å². The Kier molecular flexibility index (Phi) is 5.20. The maximum atomic E-state index is 13.6. The molecule has 0 spiro atoms. The number of hydrogen-bond acceptors (Lipinski definition) is 5. The number of anilines is 1. The van der Waals surface area contributed by atoms with Crippen molar-refractivity contribution in [2.24, 2.45) is 0 Å². The van der Waals surface area contributed by atoms with Crippen LogP contribution in [0.3, 0.4) is 0 Å². The lowest BCUT2D eigenvalue weighted by Gasteiger charge is -2.31. The molecule has 34 heavy (non-hydrogen) atoms. The van der Waals surface area contributed by atoms with Gasteiger partial charge in [0.15, 0.2) is 5.82 Å². The fourth-order valence-corrected chi connectivity index (χ4v) is 5.74. The number of aromatic amines is 1. The molecule has 0 bridgehead atoms. The highest BCUT2D eigenvalue weighted by Crippen LogP contribution is 2.39. The van der Waals surface area contributed by atoms with Crippen LogP contribution in [0.15, 0.2) is 47.3 Å². The van der Waals surface area contributed by atoms with E-state index in [0.29, 0.717) is 5.56 Å². The topological polar surface area (TPSA) is 79.7 Å². The highest BCUT2D eigenvalue weighted by atomic mass is 16.1. The second kappa shape index (κ2) is 8.38. The zero-order valence-corrected chi connectivity index (χ0v) is 19.8. The zero-order chi connectivity index (χ0) is 23.2. The number of tetrazole rings is 1. The largest absolute Gasteiger partial charge is 0.357 e. The Hall–Kier alpha value is -3.48. The Morgan fingerprint density at radius 1 is 1.03 bits per heavy atom. The van der Waals surface area contributed by atoms with Crippen molar-refractivity contribution in [1.82, 2.24) is 25.2 Å². The first-order valence-electron chi connectivity index (χ1n) is 12.4. The van der Waals surface area contributed by atoms with Crippen molar-refractivity contribution in [1.29, 1.82) is 0 Å². The van der Waals surface area contributed by atoms with Crippen molar-refractivity contribution in [2.45, 2.75) is 64.5 Å². The van der Waals surface area contributed by atoms with Crippen molar-refractivity contribution >= 4 is 16.6 Å². The predicted octanol–water partition coefficient (Wildman–Crippen LogP) is 4.79. The summed E-state index contributed by atoms with van der Waals surface area (Å²) in [6.45, 7) is 5.01. The number of pyridine rings is 1. The Labute approximate surface area is 198 Å². The van der Waals surface area contributed by atoms with E-state index in [1.807, 2.05) is 10.7 Å². The quantitative estimate of drug-likeness (QED) is 0.480. The number of aryl methyl sites for hydroxylation is 2. The molecule has 1 N–H and O–H groups in total. The summed E-state index contributed by atoms with van der Waals surface area (Å²) < 4.78 is 2.01. The molecule has 2 aliphatic rings. The third-order valence-electron chi connectivity index (χ3n) is 7.70. The van der Waals surface area contributed by atoms with E-state index >= 15 is 0 Å². The fraction of sp³-hybridized carbons (Fsp3) is 0.407. The van der Waals surface area contributed by atoms with Gasteiger partial charge in [0.1, 0.15) is 6.04 Å². The Balaban J connectivity index is 1.55. The normalized spacial score (nSPS) is 17.3. The van der Waals surface area contributed by atoms with Crippen LogP contribution in [0.4, 0.5) is 5.69 Å². The lowest BCUT2D eigenvalue weighted by atomic mass is 9.95. The summed E-state index contributed by atoms with van der Waals surface area (Å²) in [7, 11) is 0. The van der Waals surface area contributed by atoms with Gasteiger partial charge in [0.2, 0.25) is 0 Å². The van der Waals surface area contributed by atoms with Crippen LogP contribution < -0.4 is 10.5 Å². The fourth-order valence-electron chi connectivity index (χ4n) is 5.74. The lowest BCUT2D eigenvalue weighted by molar-refractivity contribution is 0.313. The van der Waals surface area contributed by atoms with Gasteiger partial charge in [0.25, 0.3) is 5.56 Å². The molecule has 6 rings (SSSR count). The van der Waals surface area contributed by atoms with Gasteiger partial charge in [-0.25, -0.2) is 4.68 Å². The molecule has 174 valence electrons. The molecule has 3 heterocycles. The Morgan fingerprint density at radius 3 is 2.68 bits per heavy atom. The summed E-state index contributed by atoms with van der Waals surface area (Å²) in [6.07, 6.45) is 6.75. The summed E-state index contributed by atoms with van der Waals surface area (Å²) in [4.78, 5) is 19.0. The molecule has 2 aromatic carbocycles. The molecule has 7 heteroatoms. The maximum Gasteiger partial charge on any atom is 0.254 e. The van der Waals surface area contributed by atoms with E-state index in [4.69, 9.17) is 0 Å². The van der Waals surface area contributed by atoms with Crippen molar-refractivity contribution < 1.29 is 0 Å². The molecular formula is C27H30N6O. The van der Waals surface area contributed by atoms with Crippen molar-refractivity contribution in [2.75, 3.05) is 11.4 Å². The number of rotatable bonds is 4. The van der Waals surface area contributed by atoms with Crippen LogP contribution in [-0.4, -0.2) is 31.7 Å². The number of H-pyrrole nitrogens is 1. The maximum absolute atomic E-state index is 13.6. The highest BCUT2D eigenvalue weighted by molar-refractivity contribution is 5.81. The van der Waals surface area contributed by atoms with E-state index in [2.05, 4.69) is 75.7 Å². The molecule has 0 unspecified atom stereocenters. The molecule has 0 saturated heterocycles. The van der Waals surface area contributed by atoms with Gasteiger partial charge in [-0.15, -0.1) is 5.10 Å². The van der Waals surface area contributed by atoms with Crippen LogP contribution in [-0.2, 0) is 6.42 Å². The van der Waals surface area contributed by atoms with Crippen LogP contribution >= 0.6 is 0 Å². The third kappa shape index (κ3) is 3.50. The minimum absolute atomic E-state index is 0.0803. The third-order valence-corrected chi connectivity index (χ3v) is 7.70. The van der Waals surface area contributed by atoms with Crippen LogP contribution in [0.2, 0.25) is 0 Å². The first-order chi connectivity index (χ1) is 16.6. The van der Waals surface area contributed by atoms with Gasteiger partial charge in [-0.1, -0.05) is 37.5 Å². The monoisotopic (exact) mass is 454 g/mol. The van der Waals surface area contributed by atoms with Crippen LogP contribution in [0.25, 0.3) is 10.9 Å². The van der Waals surface area contributed by atoms with Crippen LogP contribution in [0.5, 0.6) is 0 Å². The minimum Gasteiger partial charge on any atom is -0.357 e. The molecule has 1 aliphatic carbocycles. The van der Waals surface area contributed by atoms with Crippen LogP contribution in [0, 0.1) is 13.8 Å². The number of benzene rings is 2. The summed E-state index contributed by atoms with van der Waals surface area (Å²) in [5.74, 6) is 0.761. The van der Waals surface area contributed by atoms with Crippen molar-refractivity contribution in [3.05, 3.63) is 80.9 Å². The van der Waals surface area contributed by atoms with Gasteiger partial charge in [0, 0.05) is 23.3 Å². The van der Waals surface area contributed by atoms with Gasteiger partial charge in [-0.05, 0) is 89.9 Å². The summed E-state index contributed by atoms with van der Waals surface area (Å²) in [5, 5.41) is 14.1. The molecule has 0 radical (unpaired) electrons. The smallest absolute Gasteiger partial charge is 0.254 e. The molecule has 4 aromatic rings. The van der Waals surface area contributed by atoms with Crippen molar-refractivity contribution in [3.8, 4) is 0 Å². The number of hydrogen-bond donors (Lipinski definition) is 1. The second-order valence-electron chi connectivity index (χ2n) is 9.83. The van der Waals surface area contributed by atoms with E-state index in [1.165, 1.54) is 36.0 Å². The van der Waals surface area contributed by atoms with Gasteiger partial charge in [-0.2, -0.15) is 0 Å². The Bertz CT molecular complexity index is 1410. The number of para-hydroxylation sites is 1.